The second-order valence-electron chi connectivity index (χ2n) is 6.31. The minimum absolute atomic E-state index is 0.117. The second-order valence-corrected chi connectivity index (χ2v) is 6.31. The van der Waals surface area contributed by atoms with Gasteiger partial charge in [-0.1, -0.05) is 6.92 Å². The molecule has 1 rings (SSSR count). The topological polar surface area (TPSA) is 88.4 Å². The summed E-state index contributed by atoms with van der Waals surface area (Å²) in [5.74, 6) is 0. The Bertz CT molecular complexity index is 285. The number of likely N-dealkylation sites (N-methyl/N-ethyl adjacent to an activating group) is 1. The minimum atomic E-state index is -0.746. The summed E-state index contributed by atoms with van der Waals surface area (Å²) in [5, 5.41) is 29.0. The van der Waals surface area contributed by atoms with E-state index < -0.39 is 18.3 Å². The summed E-state index contributed by atoms with van der Waals surface area (Å²) in [5.41, 5.74) is 0. The van der Waals surface area contributed by atoms with Gasteiger partial charge in [0.05, 0.1) is 52.8 Å². The van der Waals surface area contributed by atoms with Crippen LogP contribution in [0.15, 0.2) is 0 Å². The Morgan fingerprint density at radius 3 is 1.95 bits per heavy atom. The number of hydrogen-bond donors (Lipinski definition) is 3. The summed E-state index contributed by atoms with van der Waals surface area (Å²) in [7, 11) is 2.10. The highest BCUT2D eigenvalue weighted by atomic mass is 16.5. The maximum Gasteiger partial charge on any atom is 0.126 e. The van der Waals surface area contributed by atoms with Crippen LogP contribution in [-0.4, -0.2) is 104 Å². The summed E-state index contributed by atoms with van der Waals surface area (Å²) < 4.78 is 16.6. The molecule has 3 N–H and O–H groups in total. The summed E-state index contributed by atoms with van der Waals surface area (Å²) >= 11 is 0. The molecule has 3 atom stereocenters. The zero-order valence-corrected chi connectivity index (χ0v) is 13.8. The van der Waals surface area contributed by atoms with E-state index in [9.17, 15) is 15.3 Å². The van der Waals surface area contributed by atoms with Crippen molar-refractivity contribution < 1.29 is 34.0 Å². The van der Waals surface area contributed by atoms with Crippen LogP contribution in [0, 0.1) is 0 Å². The van der Waals surface area contributed by atoms with E-state index in [0.29, 0.717) is 13.0 Å². The fourth-order valence-electron chi connectivity index (χ4n) is 2.37. The van der Waals surface area contributed by atoms with Gasteiger partial charge in [0.2, 0.25) is 0 Å². The van der Waals surface area contributed by atoms with Gasteiger partial charge in [0, 0.05) is 0 Å². The summed E-state index contributed by atoms with van der Waals surface area (Å²) in [6.07, 6.45) is -1.17. The Morgan fingerprint density at radius 2 is 1.41 bits per heavy atom. The SMILES string of the molecule is CCC(O)COCC(O)COCC(O)C[N+]1(C)CCOCC1. The van der Waals surface area contributed by atoms with Crippen molar-refractivity contribution >= 4 is 0 Å². The van der Waals surface area contributed by atoms with Gasteiger partial charge in [-0.05, 0) is 6.42 Å². The molecule has 0 aromatic carbocycles. The molecule has 0 saturated carbocycles. The van der Waals surface area contributed by atoms with E-state index in [2.05, 4.69) is 7.05 Å². The minimum Gasteiger partial charge on any atom is -0.391 e. The molecule has 1 heterocycles. The third-order valence-corrected chi connectivity index (χ3v) is 3.91. The number of nitrogens with zero attached hydrogens (tertiary/aromatic N) is 1. The molecule has 132 valence electrons. The van der Waals surface area contributed by atoms with Gasteiger partial charge in [0.1, 0.15) is 31.8 Å². The molecule has 0 spiro atoms. The van der Waals surface area contributed by atoms with Crippen LogP contribution in [-0.2, 0) is 14.2 Å². The van der Waals surface area contributed by atoms with E-state index in [-0.39, 0.29) is 26.4 Å². The summed E-state index contributed by atoms with van der Waals surface area (Å²) in [6, 6.07) is 0. The van der Waals surface area contributed by atoms with Crippen molar-refractivity contribution in [3.05, 3.63) is 0 Å². The molecule has 3 unspecified atom stereocenters. The highest BCUT2D eigenvalue weighted by Gasteiger charge is 2.28. The Morgan fingerprint density at radius 1 is 0.909 bits per heavy atom. The fraction of sp³-hybridized carbons (Fsp3) is 1.00. The molecule has 1 fully saturated rings. The Kier molecular flexibility index (Phi) is 9.42. The number of hydrogen-bond acceptors (Lipinski definition) is 6. The predicted octanol–water partition coefficient (Wildman–Crippen LogP) is -1.01. The maximum absolute atomic E-state index is 10.0. The number of aliphatic hydroxyl groups excluding tert-OH is 3. The van der Waals surface area contributed by atoms with Crippen molar-refractivity contribution in [2.45, 2.75) is 31.7 Å². The van der Waals surface area contributed by atoms with E-state index in [1.165, 1.54) is 0 Å². The van der Waals surface area contributed by atoms with Crippen molar-refractivity contribution in [2.75, 3.05) is 66.3 Å². The quantitative estimate of drug-likeness (QED) is 0.423. The van der Waals surface area contributed by atoms with Crippen molar-refractivity contribution in [3.8, 4) is 0 Å². The highest BCUT2D eigenvalue weighted by molar-refractivity contribution is 4.58. The van der Waals surface area contributed by atoms with E-state index in [0.717, 1.165) is 30.8 Å². The molecule has 0 amide bonds. The first kappa shape index (κ1) is 19.8. The smallest absolute Gasteiger partial charge is 0.126 e. The van der Waals surface area contributed by atoms with Crippen molar-refractivity contribution in [1.29, 1.82) is 0 Å². The largest absolute Gasteiger partial charge is 0.391 e. The molecule has 7 nitrogen and oxygen atoms in total. The van der Waals surface area contributed by atoms with Gasteiger partial charge in [0.15, 0.2) is 0 Å². The van der Waals surface area contributed by atoms with Crippen molar-refractivity contribution in [3.63, 3.8) is 0 Å². The molecule has 0 bridgehead atoms. The average Bonchev–Trinajstić information content (AvgIpc) is 2.47. The van der Waals surface area contributed by atoms with Crippen molar-refractivity contribution in [2.24, 2.45) is 0 Å². The van der Waals surface area contributed by atoms with Crippen LogP contribution in [0.5, 0.6) is 0 Å². The molecule has 0 aliphatic carbocycles. The first-order valence-electron chi connectivity index (χ1n) is 8.06. The van der Waals surface area contributed by atoms with Crippen LogP contribution in [0.2, 0.25) is 0 Å². The lowest BCUT2D eigenvalue weighted by atomic mass is 10.2. The van der Waals surface area contributed by atoms with Gasteiger partial charge in [-0.2, -0.15) is 0 Å². The monoisotopic (exact) mass is 322 g/mol. The molecule has 0 aromatic rings. The molecule has 1 aliphatic heterocycles. The Labute approximate surface area is 133 Å². The number of rotatable bonds is 11. The van der Waals surface area contributed by atoms with E-state index in [1.807, 2.05) is 6.92 Å². The average molecular weight is 322 g/mol. The van der Waals surface area contributed by atoms with Gasteiger partial charge in [-0.15, -0.1) is 0 Å². The molecular formula is C15H32NO6+. The zero-order chi connectivity index (χ0) is 16.4. The Hall–Kier alpha value is -0.280. The van der Waals surface area contributed by atoms with Crippen LogP contribution in [0.4, 0.5) is 0 Å². The number of aliphatic hydroxyl groups is 3. The van der Waals surface area contributed by atoms with Gasteiger partial charge >= 0.3 is 0 Å². The molecule has 7 heteroatoms. The number of quaternary nitrogens is 1. The van der Waals surface area contributed by atoms with Crippen LogP contribution in [0.3, 0.4) is 0 Å². The van der Waals surface area contributed by atoms with Crippen LogP contribution < -0.4 is 0 Å². The van der Waals surface area contributed by atoms with Gasteiger partial charge in [0.25, 0.3) is 0 Å². The molecule has 22 heavy (non-hydrogen) atoms. The molecular weight excluding hydrogens is 290 g/mol. The normalized spacial score (nSPS) is 22.2. The van der Waals surface area contributed by atoms with Crippen molar-refractivity contribution in [1.82, 2.24) is 0 Å². The van der Waals surface area contributed by atoms with Gasteiger partial charge < -0.3 is 34.0 Å². The van der Waals surface area contributed by atoms with Gasteiger partial charge in [-0.3, -0.25) is 0 Å². The summed E-state index contributed by atoms with van der Waals surface area (Å²) in [4.78, 5) is 0. The molecule has 0 aromatic heterocycles. The molecule has 0 radical (unpaired) electrons. The first-order valence-corrected chi connectivity index (χ1v) is 8.06. The lowest BCUT2D eigenvalue weighted by Crippen LogP contribution is -2.55. The second kappa shape index (κ2) is 10.5. The molecule has 1 aliphatic rings. The molecule has 1 saturated heterocycles. The fourth-order valence-corrected chi connectivity index (χ4v) is 2.37. The van der Waals surface area contributed by atoms with Crippen LogP contribution in [0.1, 0.15) is 13.3 Å². The maximum atomic E-state index is 10.0. The van der Waals surface area contributed by atoms with E-state index >= 15 is 0 Å². The van der Waals surface area contributed by atoms with Crippen LogP contribution >= 0.6 is 0 Å². The third kappa shape index (κ3) is 8.38. The zero-order valence-electron chi connectivity index (χ0n) is 13.8. The number of ether oxygens (including phenoxy) is 3. The van der Waals surface area contributed by atoms with Crippen LogP contribution in [0.25, 0.3) is 0 Å². The summed E-state index contributed by atoms with van der Waals surface area (Å²) in [6.45, 7) is 6.39. The van der Waals surface area contributed by atoms with E-state index in [1.54, 1.807) is 0 Å². The lowest BCUT2D eigenvalue weighted by Gasteiger charge is -2.38. The van der Waals surface area contributed by atoms with Gasteiger partial charge in [-0.25, -0.2) is 0 Å². The lowest BCUT2D eigenvalue weighted by molar-refractivity contribution is -0.919. The van der Waals surface area contributed by atoms with E-state index in [4.69, 9.17) is 14.2 Å². The Balaban J connectivity index is 2.07. The number of morpholine rings is 1. The first-order chi connectivity index (χ1) is 10.4. The standard InChI is InChI=1S/C15H32NO6/c1-3-13(17)9-21-11-15(19)12-22-10-14(18)8-16(2)4-6-20-7-5-16/h13-15,17-19H,3-12H2,1-2H3/q+1. The predicted molar refractivity (Wildman–Crippen MR) is 81.6 cm³/mol. The highest BCUT2D eigenvalue weighted by Crippen LogP contribution is 2.09. The third-order valence-electron chi connectivity index (χ3n) is 3.91.